The van der Waals surface area contributed by atoms with Crippen molar-refractivity contribution in [3.63, 3.8) is 0 Å². The third-order valence-electron chi connectivity index (χ3n) is 3.99. The van der Waals surface area contributed by atoms with E-state index in [1.807, 2.05) is 0 Å². The van der Waals surface area contributed by atoms with Gasteiger partial charge in [0, 0.05) is 74.4 Å². The second kappa shape index (κ2) is 17.0. The van der Waals surface area contributed by atoms with Crippen LogP contribution in [0.3, 0.4) is 0 Å². The fourth-order valence-corrected chi connectivity index (χ4v) is 2.49. The molecule has 0 saturated heterocycles. The van der Waals surface area contributed by atoms with Crippen molar-refractivity contribution >= 4 is 12.4 Å². The van der Waals surface area contributed by atoms with Gasteiger partial charge in [0.25, 0.3) is 0 Å². The van der Waals surface area contributed by atoms with Crippen molar-refractivity contribution in [1.29, 1.82) is 0 Å². The molecule has 6 aromatic heterocycles. The van der Waals surface area contributed by atoms with Crippen molar-refractivity contribution in [2.45, 2.75) is 0 Å². The van der Waals surface area contributed by atoms with Crippen molar-refractivity contribution in [2.24, 2.45) is 0 Å². The fraction of sp³-hybridized carbons (Fsp3) is 0. The van der Waals surface area contributed by atoms with Crippen LogP contribution >= 0.6 is 12.4 Å². The molecule has 0 fully saturated rings. The summed E-state index contributed by atoms with van der Waals surface area (Å²) in [5, 5.41) is 0. The van der Waals surface area contributed by atoms with Crippen LogP contribution < -0.4 is 0 Å². The summed E-state index contributed by atoms with van der Waals surface area (Å²) in [6, 6.07) is 10.5. The number of rotatable bonds is 3. The Kier molecular flexibility index (Phi) is 13.2. The average molecular weight is 612 g/mol. The van der Waals surface area contributed by atoms with E-state index >= 15 is 0 Å². The van der Waals surface area contributed by atoms with Gasteiger partial charge in [-0.3, -0.25) is 0 Å². The monoisotopic (exact) mass is 612 g/mol. The van der Waals surface area contributed by atoms with Crippen LogP contribution in [0.2, 0.25) is 0 Å². The van der Waals surface area contributed by atoms with Gasteiger partial charge in [-0.05, 0) is 36.4 Å². The first-order chi connectivity index (χ1) is 17.9. The zero-order valence-corrected chi connectivity index (χ0v) is 22.1. The van der Waals surface area contributed by atoms with E-state index in [9.17, 15) is 0 Å². The number of nitrogens with zero attached hydrogens (tertiary/aromatic N) is 12. The summed E-state index contributed by atoms with van der Waals surface area (Å²) in [4.78, 5) is 48.2. The van der Waals surface area contributed by atoms with E-state index in [4.69, 9.17) is 0 Å². The van der Waals surface area contributed by atoms with Gasteiger partial charge in [-0.15, -0.1) is 12.4 Å². The van der Waals surface area contributed by atoms with Crippen molar-refractivity contribution in [3.05, 3.63) is 111 Å². The normalized spacial score (nSPS) is 9.16. The maximum absolute atomic E-state index is 4.01. The van der Waals surface area contributed by atoms with Gasteiger partial charge >= 0.3 is 19.5 Å². The molecule has 0 radical (unpaired) electrons. The standard InChI is InChI=1S/3C8H6N4.ClH.Ru/c3*1-3-9-7(10-4-1)8-11-5-2-6-12-8;;/h3*1-6H;1H;/q;;;;+2. The van der Waals surface area contributed by atoms with Crippen LogP contribution in [0.4, 0.5) is 0 Å². The molecule has 6 rings (SSSR count). The Morgan fingerprint density at radius 3 is 0.447 bits per heavy atom. The molecular formula is C24H19ClN12Ru+2. The van der Waals surface area contributed by atoms with Gasteiger partial charge in [0.1, 0.15) is 0 Å². The molecule has 0 N–H and O–H groups in total. The summed E-state index contributed by atoms with van der Waals surface area (Å²) in [5.74, 6) is 3.32. The minimum Gasteiger partial charge on any atom is -0.234 e. The fourth-order valence-electron chi connectivity index (χ4n) is 2.49. The number of halogens is 1. The first-order valence-corrected chi connectivity index (χ1v) is 10.5. The van der Waals surface area contributed by atoms with E-state index in [1.165, 1.54) is 0 Å². The summed E-state index contributed by atoms with van der Waals surface area (Å²) in [6.07, 6.45) is 20.0. The molecule has 0 amide bonds. The van der Waals surface area contributed by atoms with Crippen LogP contribution in [-0.2, 0) is 19.5 Å². The minimum absolute atomic E-state index is 0. The van der Waals surface area contributed by atoms with E-state index in [2.05, 4.69) is 59.8 Å². The maximum Gasteiger partial charge on any atom is 2.00 e. The van der Waals surface area contributed by atoms with Crippen LogP contribution in [-0.4, -0.2) is 59.8 Å². The molecule has 14 heteroatoms. The molecular weight excluding hydrogens is 593 g/mol. The molecule has 0 unspecified atom stereocenters. The Morgan fingerprint density at radius 1 is 0.237 bits per heavy atom. The molecule has 6 heterocycles. The van der Waals surface area contributed by atoms with Crippen LogP contribution in [0, 0.1) is 0 Å². The van der Waals surface area contributed by atoms with Gasteiger partial charge in [0.2, 0.25) is 0 Å². The Balaban J connectivity index is 0.000000195. The van der Waals surface area contributed by atoms with Gasteiger partial charge in [-0.2, -0.15) is 0 Å². The van der Waals surface area contributed by atoms with Crippen molar-refractivity contribution in [2.75, 3.05) is 0 Å². The molecule has 6 aromatic rings. The largest absolute Gasteiger partial charge is 2.00 e. The molecule has 0 saturated carbocycles. The van der Waals surface area contributed by atoms with Crippen LogP contribution in [0.5, 0.6) is 0 Å². The summed E-state index contributed by atoms with van der Waals surface area (Å²) in [7, 11) is 0. The molecule has 0 spiro atoms. The zero-order chi connectivity index (χ0) is 24.7. The Morgan fingerprint density at radius 2 is 0.342 bits per heavy atom. The summed E-state index contributed by atoms with van der Waals surface area (Å²) >= 11 is 0. The third-order valence-corrected chi connectivity index (χ3v) is 3.99. The topological polar surface area (TPSA) is 155 Å². The molecule has 0 atom stereocenters. The molecule has 0 bridgehead atoms. The second-order valence-electron chi connectivity index (χ2n) is 6.43. The van der Waals surface area contributed by atoms with Gasteiger partial charge in [-0.25, -0.2) is 59.8 Å². The maximum atomic E-state index is 4.01. The SMILES string of the molecule is Cl.[Ru+2].c1cnc(-c2ncccn2)nc1.c1cnc(-c2ncccn2)nc1.c1cnc(-c2ncccn2)nc1. The van der Waals surface area contributed by atoms with Gasteiger partial charge in [0.15, 0.2) is 34.9 Å². The second-order valence-corrected chi connectivity index (χ2v) is 6.43. The number of aromatic nitrogens is 12. The number of hydrogen-bond acceptors (Lipinski definition) is 12. The summed E-state index contributed by atoms with van der Waals surface area (Å²) in [5.41, 5.74) is 0. The van der Waals surface area contributed by atoms with Crippen molar-refractivity contribution in [3.8, 4) is 34.9 Å². The first kappa shape index (κ1) is 29.6. The summed E-state index contributed by atoms with van der Waals surface area (Å²) in [6.45, 7) is 0. The van der Waals surface area contributed by atoms with E-state index in [0.29, 0.717) is 34.9 Å². The van der Waals surface area contributed by atoms with Gasteiger partial charge in [0.05, 0.1) is 0 Å². The molecule has 12 nitrogen and oxygen atoms in total. The molecule has 38 heavy (non-hydrogen) atoms. The Bertz CT molecular complexity index is 1120. The molecule has 188 valence electrons. The predicted octanol–water partition coefficient (Wildman–Crippen LogP) is 3.22. The molecule has 0 aromatic carbocycles. The third kappa shape index (κ3) is 9.45. The van der Waals surface area contributed by atoms with E-state index in [1.54, 1.807) is 111 Å². The van der Waals surface area contributed by atoms with Gasteiger partial charge < -0.3 is 0 Å². The zero-order valence-electron chi connectivity index (χ0n) is 19.5. The first-order valence-electron chi connectivity index (χ1n) is 10.5. The van der Waals surface area contributed by atoms with Crippen molar-refractivity contribution < 1.29 is 19.5 Å². The van der Waals surface area contributed by atoms with Crippen molar-refractivity contribution in [1.82, 2.24) is 59.8 Å². The summed E-state index contributed by atoms with van der Waals surface area (Å²) < 4.78 is 0. The predicted molar refractivity (Wildman–Crippen MR) is 136 cm³/mol. The van der Waals surface area contributed by atoms with Crippen LogP contribution in [0.1, 0.15) is 0 Å². The molecule has 0 aliphatic rings. The van der Waals surface area contributed by atoms with Crippen LogP contribution in [0.15, 0.2) is 111 Å². The Hall–Kier alpha value is -4.61. The quantitative estimate of drug-likeness (QED) is 0.270. The average Bonchev–Trinajstić information content (AvgIpc) is 3.01. The minimum atomic E-state index is 0. The Labute approximate surface area is 236 Å². The van der Waals surface area contributed by atoms with E-state index < -0.39 is 0 Å². The van der Waals surface area contributed by atoms with Crippen LogP contribution in [0.25, 0.3) is 34.9 Å². The van der Waals surface area contributed by atoms with Gasteiger partial charge in [-0.1, -0.05) is 0 Å². The number of hydrogen-bond donors (Lipinski definition) is 0. The molecule has 0 aliphatic carbocycles. The molecule has 0 aliphatic heterocycles. The van der Waals surface area contributed by atoms with E-state index in [0.717, 1.165) is 0 Å². The smallest absolute Gasteiger partial charge is 0.234 e. The van der Waals surface area contributed by atoms with E-state index in [-0.39, 0.29) is 31.9 Å².